The van der Waals surface area contributed by atoms with Crippen LogP contribution in [0.1, 0.15) is 35.1 Å². The van der Waals surface area contributed by atoms with Crippen LogP contribution < -0.4 is 5.73 Å². The molecule has 0 aliphatic rings. The topological polar surface area (TPSA) is 58.5 Å². The molecular weight excluding hydrogens is 609 g/mol. The van der Waals surface area contributed by atoms with Gasteiger partial charge in [0, 0.05) is 57.8 Å². The summed E-state index contributed by atoms with van der Waals surface area (Å²) in [7, 11) is 0. The van der Waals surface area contributed by atoms with E-state index in [2.05, 4.69) is 59.9 Å². The molecule has 4 nitrogen and oxygen atoms in total. The third kappa shape index (κ3) is 5.05. The Balaban J connectivity index is 1.26. The van der Waals surface area contributed by atoms with E-state index in [0.717, 1.165) is 14.6 Å². The predicted octanol–water partition coefficient (Wildman–Crippen LogP) is 11.4. The summed E-state index contributed by atoms with van der Waals surface area (Å²) in [5.41, 5.74) is 7.16. The summed E-state index contributed by atoms with van der Waals surface area (Å²) in [4.78, 5) is 16.0. The third-order valence-corrected chi connectivity index (χ3v) is 13.4. The molecule has 0 bridgehead atoms. The lowest BCUT2D eigenvalue weighted by molar-refractivity contribution is 0.870. The highest BCUT2D eigenvalue weighted by Crippen LogP contribution is 2.48. The molecule has 10 heteroatoms. The molecule has 40 heavy (non-hydrogen) atoms. The van der Waals surface area contributed by atoms with Gasteiger partial charge in [0.1, 0.15) is 0 Å². The van der Waals surface area contributed by atoms with E-state index < -0.39 is 0 Å². The van der Waals surface area contributed by atoms with Crippen LogP contribution in [0, 0.1) is 24.5 Å². The van der Waals surface area contributed by atoms with E-state index in [1.165, 1.54) is 48.7 Å². The zero-order chi connectivity index (χ0) is 28.0. The number of allylic oxidation sites excluding steroid dienone is 1. The Kier molecular flexibility index (Phi) is 7.20. The molecule has 6 heterocycles. The molecule has 0 aliphatic heterocycles. The number of nitrogens with two attached hydrogens (primary N) is 1. The van der Waals surface area contributed by atoms with E-state index in [4.69, 9.17) is 24.1 Å². The van der Waals surface area contributed by atoms with Gasteiger partial charge in [-0.3, -0.25) is 0 Å². The van der Waals surface area contributed by atoms with Gasteiger partial charge in [0.15, 0.2) is 0 Å². The van der Waals surface area contributed by atoms with E-state index in [1.54, 1.807) is 46.2 Å². The Labute approximate surface area is 255 Å². The van der Waals surface area contributed by atoms with Crippen molar-refractivity contribution in [3.8, 4) is 35.3 Å². The molecule has 6 aromatic heterocycles. The number of fused-ring (bicyclic) bond motifs is 2. The maximum atomic E-state index is 9.02. The quantitative estimate of drug-likeness (QED) is 0.148. The van der Waals surface area contributed by atoms with Gasteiger partial charge in [-0.25, -0.2) is 10.1 Å². The van der Waals surface area contributed by atoms with Crippen LogP contribution in [0.4, 0.5) is 0 Å². The normalized spacial score (nSPS) is 12.3. The van der Waals surface area contributed by atoms with Gasteiger partial charge >= 0.3 is 0 Å². The lowest BCUT2D eigenvalue weighted by Crippen LogP contribution is -1.91. The standard InChI is InChI=1S/C30H18N4S6/c1-15(2)18-8-21(36-20(18)13-30(32)34-4)23-10-26-27(38-23)12-29(40-26)28-11-25-24(39-28)9-22(37-25)19-6-5-17(35-19)7-16(14-31)33-3/h5-13,15H,32H2,1-2H3/b16-7-,30-13+. The number of hydrogen-bond acceptors (Lipinski definition) is 8. The average Bonchev–Trinajstić information content (AvgIpc) is 3.74. The van der Waals surface area contributed by atoms with E-state index >= 15 is 0 Å². The van der Waals surface area contributed by atoms with Crippen LogP contribution in [0.2, 0.25) is 0 Å². The van der Waals surface area contributed by atoms with Crippen molar-refractivity contribution in [2.75, 3.05) is 0 Å². The Hall–Kier alpha value is -3.53. The van der Waals surface area contributed by atoms with E-state index in [-0.39, 0.29) is 11.5 Å². The minimum Gasteiger partial charge on any atom is -0.365 e. The first kappa shape index (κ1) is 26.7. The number of nitrogens with zero attached hydrogens (tertiary/aromatic N) is 3. The van der Waals surface area contributed by atoms with Crippen LogP contribution in [-0.4, -0.2) is 0 Å². The van der Waals surface area contributed by atoms with Crippen molar-refractivity contribution in [3.63, 3.8) is 0 Å². The molecule has 0 amide bonds. The van der Waals surface area contributed by atoms with Gasteiger partial charge in [0.25, 0.3) is 5.70 Å². The minimum atomic E-state index is 0.104. The summed E-state index contributed by atoms with van der Waals surface area (Å²) in [5.74, 6) is 0.577. The summed E-state index contributed by atoms with van der Waals surface area (Å²) in [6, 6.07) is 17.3. The Bertz CT molecular complexity index is 2020. The number of rotatable bonds is 6. The lowest BCUT2D eigenvalue weighted by Gasteiger charge is -2.03. The fourth-order valence-electron chi connectivity index (χ4n) is 4.22. The molecule has 0 saturated carbocycles. The number of nitriles is 1. The van der Waals surface area contributed by atoms with Crippen molar-refractivity contribution in [1.82, 2.24) is 0 Å². The van der Waals surface area contributed by atoms with Crippen LogP contribution >= 0.6 is 68.0 Å². The van der Waals surface area contributed by atoms with Gasteiger partial charge in [-0.15, -0.1) is 68.0 Å². The predicted molar refractivity (Wildman–Crippen MR) is 178 cm³/mol. The van der Waals surface area contributed by atoms with Crippen molar-refractivity contribution in [2.45, 2.75) is 19.8 Å². The Morgan fingerprint density at radius 2 is 1.27 bits per heavy atom. The van der Waals surface area contributed by atoms with Crippen LogP contribution in [0.3, 0.4) is 0 Å². The molecule has 0 spiro atoms. The van der Waals surface area contributed by atoms with Crippen molar-refractivity contribution in [2.24, 2.45) is 5.73 Å². The largest absolute Gasteiger partial charge is 0.365 e. The minimum absolute atomic E-state index is 0.104. The van der Waals surface area contributed by atoms with E-state index in [1.807, 2.05) is 46.1 Å². The highest BCUT2D eigenvalue weighted by atomic mass is 32.1. The second-order valence-corrected chi connectivity index (χ2v) is 15.7. The van der Waals surface area contributed by atoms with Gasteiger partial charge < -0.3 is 10.6 Å². The number of hydrogen-bond donors (Lipinski definition) is 1. The molecule has 0 aromatic carbocycles. The van der Waals surface area contributed by atoms with Crippen molar-refractivity contribution < 1.29 is 0 Å². The fraction of sp³-hybridized carbons (Fsp3) is 0.100. The SMILES string of the molecule is [C-]#[N+]/C(C#N)=C\c1ccc(-c2cc3sc(-c4cc5sc(-c6cc(C(C)C)c(/C=C(\N)[N+]#[C-])s6)cc5s4)cc3s2)s1. The molecule has 0 atom stereocenters. The molecule has 0 radical (unpaired) electrons. The molecule has 0 saturated heterocycles. The second-order valence-electron chi connectivity index (χ2n) is 9.12. The molecule has 6 aromatic rings. The molecule has 2 N–H and O–H groups in total. The van der Waals surface area contributed by atoms with Crippen LogP contribution in [0.5, 0.6) is 0 Å². The van der Waals surface area contributed by atoms with Crippen LogP contribution in [0.25, 0.3) is 69.9 Å². The maximum absolute atomic E-state index is 9.02. The molecule has 194 valence electrons. The van der Waals surface area contributed by atoms with Gasteiger partial charge in [-0.1, -0.05) is 20.4 Å². The van der Waals surface area contributed by atoms with Gasteiger partial charge in [0.2, 0.25) is 5.82 Å². The van der Waals surface area contributed by atoms with Gasteiger partial charge in [-0.2, -0.15) is 0 Å². The summed E-state index contributed by atoms with van der Waals surface area (Å²) in [5, 5.41) is 9.02. The zero-order valence-corrected chi connectivity index (χ0v) is 26.0. The first-order valence-electron chi connectivity index (χ1n) is 12.0. The van der Waals surface area contributed by atoms with Gasteiger partial charge in [0.05, 0.1) is 12.6 Å². The van der Waals surface area contributed by atoms with Crippen molar-refractivity contribution in [1.29, 1.82) is 5.26 Å². The van der Waals surface area contributed by atoms with E-state index in [0.29, 0.717) is 5.92 Å². The molecule has 6 rings (SSSR count). The highest BCUT2D eigenvalue weighted by molar-refractivity contribution is 7.36. The molecule has 0 fully saturated rings. The first-order chi connectivity index (χ1) is 19.3. The van der Waals surface area contributed by atoms with E-state index in [9.17, 15) is 0 Å². The van der Waals surface area contributed by atoms with Gasteiger partial charge in [-0.05, 0) is 66.1 Å². The monoisotopic (exact) mass is 626 g/mol. The number of thiophene rings is 6. The highest BCUT2D eigenvalue weighted by Gasteiger charge is 2.17. The summed E-state index contributed by atoms with van der Waals surface area (Å²) in [6.07, 6.45) is 3.44. The molecule has 0 unspecified atom stereocenters. The van der Waals surface area contributed by atoms with Crippen molar-refractivity contribution >= 4 is 99.0 Å². The maximum Gasteiger partial charge on any atom is 0.263 e. The second kappa shape index (κ2) is 10.8. The Morgan fingerprint density at radius 1 is 0.750 bits per heavy atom. The zero-order valence-electron chi connectivity index (χ0n) is 21.1. The summed E-state index contributed by atoms with van der Waals surface area (Å²) < 4.78 is 5.13. The summed E-state index contributed by atoms with van der Waals surface area (Å²) >= 11 is 10.6. The lowest BCUT2D eigenvalue weighted by atomic mass is 10.0. The van der Waals surface area contributed by atoms with Crippen LogP contribution in [-0.2, 0) is 0 Å². The summed E-state index contributed by atoms with van der Waals surface area (Å²) in [6.45, 7) is 18.6. The van der Waals surface area contributed by atoms with Crippen LogP contribution in [0.15, 0.2) is 54.0 Å². The smallest absolute Gasteiger partial charge is 0.263 e. The Morgan fingerprint density at radius 3 is 1.75 bits per heavy atom. The molecule has 0 aliphatic carbocycles. The third-order valence-electron chi connectivity index (χ3n) is 6.10. The average molecular weight is 627 g/mol. The first-order valence-corrected chi connectivity index (χ1v) is 16.9. The van der Waals surface area contributed by atoms with Crippen molar-refractivity contribution in [3.05, 3.63) is 92.1 Å². The fourth-order valence-corrected chi connectivity index (χ4v) is 11.4. The molecular formula is C30H18N4S6.